The van der Waals surface area contributed by atoms with Crippen molar-refractivity contribution in [1.82, 2.24) is 19.4 Å². The van der Waals surface area contributed by atoms with Gasteiger partial charge in [-0.3, -0.25) is 9.59 Å². The maximum absolute atomic E-state index is 14.8. The van der Waals surface area contributed by atoms with Crippen LogP contribution in [0.15, 0.2) is 35.5 Å². The molecule has 0 saturated heterocycles. The normalized spacial score (nSPS) is 13.3. The van der Waals surface area contributed by atoms with Gasteiger partial charge in [-0.05, 0) is 62.2 Å². The van der Waals surface area contributed by atoms with Crippen molar-refractivity contribution in [2.24, 2.45) is 4.99 Å². The summed E-state index contributed by atoms with van der Waals surface area (Å²) in [4.78, 5) is 39.8. The predicted octanol–water partition coefficient (Wildman–Crippen LogP) is 6.51. The minimum atomic E-state index is -0.549. The lowest BCUT2D eigenvalue weighted by atomic mass is 10.1. The van der Waals surface area contributed by atoms with Gasteiger partial charge in [0, 0.05) is 50.4 Å². The van der Waals surface area contributed by atoms with Gasteiger partial charge in [0.25, 0.3) is 5.91 Å². The third kappa shape index (κ3) is 7.49. The number of hydrogen-bond donors (Lipinski definition) is 2. The second-order valence-electron chi connectivity index (χ2n) is 10.4. The number of thiocarbonyl (C=S) groups is 1. The molecule has 1 saturated carbocycles. The summed E-state index contributed by atoms with van der Waals surface area (Å²) in [6.45, 7) is 0.696. The largest absolute Gasteiger partial charge is 0.343 e. The van der Waals surface area contributed by atoms with Crippen molar-refractivity contribution in [1.29, 1.82) is 0 Å². The summed E-state index contributed by atoms with van der Waals surface area (Å²) in [5, 5.41) is 8.86. The smallest absolute Gasteiger partial charge is 0.270 e. The number of carbonyl (C=O) groups is 2. The number of nitrogens with zero attached hydrogens (tertiary/aromatic N) is 5. The predicted molar refractivity (Wildman–Crippen MR) is 159 cm³/mol. The van der Waals surface area contributed by atoms with Gasteiger partial charge >= 0.3 is 0 Å². The summed E-state index contributed by atoms with van der Waals surface area (Å²) in [7, 11) is 3.48. The van der Waals surface area contributed by atoms with E-state index in [0.717, 1.165) is 63.2 Å². The molecular weight excluding hydrogens is 529 g/mol. The quantitative estimate of drug-likeness (QED) is 0.139. The Morgan fingerprint density at radius 2 is 1.90 bits per heavy atom. The zero-order valence-electron chi connectivity index (χ0n) is 23.1. The fourth-order valence-electron chi connectivity index (χ4n) is 5.08. The van der Waals surface area contributed by atoms with Gasteiger partial charge in [0.15, 0.2) is 0 Å². The van der Waals surface area contributed by atoms with Gasteiger partial charge in [0.05, 0.1) is 10.8 Å². The van der Waals surface area contributed by atoms with E-state index >= 15 is 0 Å². The molecule has 0 unspecified atom stereocenters. The number of halogens is 1. The van der Waals surface area contributed by atoms with E-state index in [2.05, 4.69) is 38.0 Å². The molecule has 11 heteroatoms. The first kappa shape index (κ1) is 29.3. The molecule has 1 aliphatic carbocycles. The van der Waals surface area contributed by atoms with Crippen LogP contribution in [-0.4, -0.2) is 57.1 Å². The molecule has 9 nitrogen and oxygen atoms in total. The molecule has 3 aromatic rings. The molecule has 1 aliphatic rings. The molecule has 1 aromatic carbocycles. The standard InChI is InChI=1S/C29H36FN7O2S/c1-36(2)28(39)25-16-20-18-32-29(35-27(20)37(25)22-10-7-8-11-22)33-21-13-14-24(23(30)17-21)34-26(38)12-6-4-3-5-9-15-31-19-40/h13-14,16-18,22H,3-12,15H2,1-2H3,(H,34,38)(H,32,33,35). The van der Waals surface area contributed by atoms with Gasteiger partial charge in [-0.2, -0.15) is 4.98 Å². The van der Waals surface area contributed by atoms with Crippen molar-refractivity contribution in [3.63, 3.8) is 0 Å². The van der Waals surface area contributed by atoms with Crippen molar-refractivity contribution in [3.8, 4) is 0 Å². The van der Waals surface area contributed by atoms with Crippen molar-refractivity contribution < 1.29 is 14.0 Å². The molecule has 2 amide bonds. The molecule has 2 aromatic heterocycles. The second-order valence-corrected chi connectivity index (χ2v) is 10.6. The Kier molecular flexibility index (Phi) is 10.3. The van der Waals surface area contributed by atoms with E-state index in [1.54, 1.807) is 31.3 Å². The first-order valence-electron chi connectivity index (χ1n) is 13.9. The molecule has 40 heavy (non-hydrogen) atoms. The van der Waals surface area contributed by atoms with Crippen molar-refractivity contribution in [2.45, 2.75) is 70.3 Å². The average Bonchev–Trinajstić information content (AvgIpc) is 3.59. The highest BCUT2D eigenvalue weighted by Crippen LogP contribution is 2.35. The van der Waals surface area contributed by atoms with Crippen LogP contribution in [0.25, 0.3) is 11.0 Å². The lowest BCUT2D eigenvalue weighted by Gasteiger charge is -2.19. The van der Waals surface area contributed by atoms with Crippen LogP contribution in [-0.2, 0) is 4.79 Å². The molecule has 0 bridgehead atoms. The summed E-state index contributed by atoms with van der Waals surface area (Å²) >= 11 is 4.54. The van der Waals surface area contributed by atoms with Crippen LogP contribution in [0.5, 0.6) is 0 Å². The molecule has 1 fully saturated rings. The first-order chi connectivity index (χ1) is 19.4. The molecule has 212 valence electrons. The summed E-state index contributed by atoms with van der Waals surface area (Å²) in [5.41, 5.74) is 1.87. The lowest BCUT2D eigenvalue weighted by Crippen LogP contribution is -2.25. The Bertz CT molecular complexity index is 1390. The minimum Gasteiger partial charge on any atom is -0.343 e. The fraction of sp³-hybridized carbons (Fsp3) is 0.483. The summed E-state index contributed by atoms with van der Waals surface area (Å²) in [5.74, 6) is -0.535. The fourth-order valence-corrected chi connectivity index (χ4v) is 5.17. The first-order valence-corrected chi connectivity index (χ1v) is 14.3. The van der Waals surface area contributed by atoms with Crippen LogP contribution in [0, 0.1) is 5.82 Å². The van der Waals surface area contributed by atoms with Gasteiger partial charge in [-0.15, -0.1) is 0 Å². The van der Waals surface area contributed by atoms with Crippen LogP contribution in [0.4, 0.5) is 21.7 Å². The number of aliphatic imine (C=N–C) groups is 1. The van der Waals surface area contributed by atoms with Crippen molar-refractivity contribution in [2.75, 3.05) is 31.3 Å². The van der Waals surface area contributed by atoms with Crippen LogP contribution < -0.4 is 10.6 Å². The Labute approximate surface area is 239 Å². The maximum Gasteiger partial charge on any atom is 0.270 e. The number of unbranched alkanes of at least 4 members (excludes halogenated alkanes) is 4. The van der Waals surface area contributed by atoms with Crippen LogP contribution >= 0.6 is 12.2 Å². The number of carbonyl (C=O) groups excluding carboxylic acids is 2. The molecule has 2 heterocycles. The number of benzene rings is 1. The van der Waals surface area contributed by atoms with Gasteiger partial charge in [0.1, 0.15) is 17.2 Å². The highest BCUT2D eigenvalue weighted by molar-refractivity contribution is 7.78. The molecule has 0 aliphatic heterocycles. The molecule has 2 N–H and O–H groups in total. The number of rotatable bonds is 13. The lowest BCUT2D eigenvalue weighted by molar-refractivity contribution is -0.116. The van der Waals surface area contributed by atoms with E-state index < -0.39 is 5.82 Å². The molecular formula is C29H36FN7O2S. The maximum atomic E-state index is 14.8. The number of amides is 2. The Balaban J connectivity index is 1.39. The van der Waals surface area contributed by atoms with Gasteiger partial charge < -0.3 is 20.1 Å². The highest BCUT2D eigenvalue weighted by atomic mass is 32.1. The average molecular weight is 566 g/mol. The molecule has 4 rings (SSSR count). The topological polar surface area (TPSA) is 105 Å². The Morgan fingerprint density at radius 1 is 1.15 bits per heavy atom. The third-order valence-corrected chi connectivity index (χ3v) is 7.26. The van der Waals surface area contributed by atoms with E-state index in [1.807, 2.05) is 10.6 Å². The molecule has 0 radical (unpaired) electrons. The number of hydrogen-bond acceptors (Lipinski definition) is 7. The monoisotopic (exact) mass is 565 g/mol. The van der Waals surface area contributed by atoms with Crippen LogP contribution in [0.1, 0.15) is 80.7 Å². The van der Waals surface area contributed by atoms with E-state index in [0.29, 0.717) is 35.9 Å². The number of anilines is 3. The van der Waals surface area contributed by atoms with Crippen molar-refractivity contribution >= 4 is 57.6 Å². The van der Waals surface area contributed by atoms with E-state index in [-0.39, 0.29) is 23.5 Å². The number of aromatic nitrogens is 3. The highest BCUT2D eigenvalue weighted by Gasteiger charge is 2.26. The van der Waals surface area contributed by atoms with E-state index in [1.165, 1.54) is 12.1 Å². The molecule has 0 spiro atoms. The summed E-state index contributed by atoms with van der Waals surface area (Å²) in [6, 6.07) is 6.55. The number of fused-ring (bicyclic) bond motifs is 1. The van der Waals surface area contributed by atoms with Crippen LogP contribution in [0.3, 0.4) is 0 Å². The van der Waals surface area contributed by atoms with E-state index in [4.69, 9.17) is 4.98 Å². The Hall–Kier alpha value is -3.69. The van der Waals surface area contributed by atoms with Crippen LogP contribution in [0.2, 0.25) is 0 Å². The zero-order chi connectivity index (χ0) is 28.5. The van der Waals surface area contributed by atoms with Gasteiger partial charge in [0.2, 0.25) is 11.9 Å². The second kappa shape index (κ2) is 14.1. The zero-order valence-corrected chi connectivity index (χ0v) is 23.9. The number of nitrogens with one attached hydrogen (secondary N) is 2. The van der Waals surface area contributed by atoms with Crippen molar-refractivity contribution in [3.05, 3.63) is 42.0 Å². The minimum absolute atomic E-state index is 0.0767. The van der Waals surface area contributed by atoms with E-state index in [9.17, 15) is 14.0 Å². The Morgan fingerprint density at radius 3 is 2.62 bits per heavy atom. The van der Waals surface area contributed by atoms with Gasteiger partial charge in [-0.1, -0.05) is 32.1 Å². The summed E-state index contributed by atoms with van der Waals surface area (Å²) < 4.78 is 16.9. The summed E-state index contributed by atoms with van der Waals surface area (Å²) in [6.07, 6.45) is 10.9. The number of isothiocyanates is 1. The SMILES string of the molecule is CN(C)C(=O)c1cc2cnc(Nc3ccc(NC(=O)CCCCCCCN=C=S)c(F)c3)nc2n1C1CCCC1. The van der Waals surface area contributed by atoms with Gasteiger partial charge in [-0.25, -0.2) is 14.4 Å². The molecule has 0 atom stereocenters. The third-order valence-electron chi connectivity index (χ3n) is 7.13.